The number of fused-ring (bicyclic) bond motifs is 1. The van der Waals surface area contributed by atoms with Crippen molar-refractivity contribution in [2.45, 2.75) is 6.54 Å². The quantitative estimate of drug-likeness (QED) is 0.937. The first kappa shape index (κ1) is 13.8. The fourth-order valence-electron chi connectivity index (χ4n) is 3.67. The Morgan fingerprint density at radius 3 is 2.41 bits per heavy atom. The van der Waals surface area contributed by atoms with Crippen LogP contribution in [0, 0.1) is 11.8 Å². The number of nitrogens with one attached hydrogen (secondary N) is 1. The van der Waals surface area contributed by atoms with Crippen molar-refractivity contribution in [3.8, 4) is 11.5 Å². The van der Waals surface area contributed by atoms with Gasteiger partial charge in [-0.25, -0.2) is 0 Å². The lowest BCUT2D eigenvalue weighted by molar-refractivity contribution is 0.305. The number of likely N-dealkylation sites (tertiary alicyclic amines) is 1. The third-order valence-corrected chi connectivity index (χ3v) is 4.75. The van der Waals surface area contributed by atoms with E-state index in [0.29, 0.717) is 0 Å². The molecule has 0 radical (unpaired) electrons. The molecule has 0 aromatic heterocycles. The molecule has 2 fully saturated rings. The van der Waals surface area contributed by atoms with Gasteiger partial charge in [-0.05, 0) is 54.8 Å². The molecule has 0 saturated carbocycles. The first-order chi connectivity index (χ1) is 10.9. The van der Waals surface area contributed by atoms with E-state index < -0.39 is 0 Å². The lowest BCUT2D eigenvalue weighted by Crippen LogP contribution is -2.25. The largest absolute Gasteiger partial charge is 0.457 e. The van der Waals surface area contributed by atoms with Gasteiger partial charge < -0.3 is 10.1 Å². The van der Waals surface area contributed by atoms with Crippen molar-refractivity contribution in [3.63, 3.8) is 0 Å². The lowest BCUT2D eigenvalue weighted by atomic mass is 10.0. The van der Waals surface area contributed by atoms with Crippen molar-refractivity contribution in [1.29, 1.82) is 0 Å². The van der Waals surface area contributed by atoms with Crippen LogP contribution in [0.5, 0.6) is 11.5 Å². The molecule has 0 spiro atoms. The number of para-hydroxylation sites is 1. The van der Waals surface area contributed by atoms with E-state index in [0.717, 1.165) is 29.9 Å². The Hall–Kier alpha value is -1.84. The van der Waals surface area contributed by atoms with Gasteiger partial charge in [0.1, 0.15) is 11.5 Å². The molecule has 114 valence electrons. The summed E-state index contributed by atoms with van der Waals surface area (Å²) in [5, 5.41) is 3.50. The zero-order valence-corrected chi connectivity index (χ0v) is 12.7. The molecule has 0 aliphatic carbocycles. The molecule has 22 heavy (non-hydrogen) atoms. The molecule has 0 amide bonds. The van der Waals surface area contributed by atoms with Gasteiger partial charge in [-0.3, -0.25) is 4.90 Å². The van der Waals surface area contributed by atoms with E-state index >= 15 is 0 Å². The van der Waals surface area contributed by atoms with Gasteiger partial charge in [0.25, 0.3) is 0 Å². The summed E-state index contributed by atoms with van der Waals surface area (Å²) in [4.78, 5) is 2.58. The van der Waals surface area contributed by atoms with Crippen molar-refractivity contribution in [2.24, 2.45) is 11.8 Å². The molecule has 4 rings (SSSR count). The van der Waals surface area contributed by atoms with Crippen LogP contribution in [0.25, 0.3) is 0 Å². The van der Waals surface area contributed by atoms with Crippen LogP contribution in [0.3, 0.4) is 0 Å². The zero-order chi connectivity index (χ0) is 14.8. The third kappa shape index (κ3) is 3.01. The van der Waals surface area contributed by atoms with E-state index in [9.17, 15) is 0 Å². The fraction of sp³-hybridized carbons (Fsp3) is 0.368. The monoisotopic (exact) mass is 294 g/mol. The zero-order valence-electron chi connectivity index (χ0n) is 12.7. The normalized spacial score (nSPS) is 24.4. The molecular formula is C19H22N2O. The van der Waals surface area contributed by atoms with Crippen LogP contribution in [0.4, 0.5) is 0 Å². The molecule has 2 aromatic carbocycles. The van der Waals surface area contributed by atoms with Crippen molar-refractivity contribution in [2.75, 3.05) is 26.2 Å². The van der Waals surface area contributed by atoms with Crippen LogP contribution in [0.2, 0.25) is 0 Å². The molecule has 0 bridgehead atoms. The molecule has 2 saturated heterocycles. The molecule has 2 aliphatic heterocycles. The maximum Gasteiger partial charge on any atom is 0.127 e. The number of benzene rings is 2. The molecule has 1 N–H and O–H groups in total. The van der Waals surface area contributed by atoms with Gasteiger partial charge in [-0.1, -0.05) is 30.3 Å². The minimum atomic E-state index is 0.851. The van der Waals surface area contributed by atoms with Crippen molar-refractivity contribution < 1.29 is 4.74 Å². The van der Waals surface area contributed by atoms with Gasteiger partial charge in [-0.2, -0.15) is 0 Å². The second-order valence-corrected chi connectivity index (χ2v) is 6.44. The fourth-order valence-corrected chi connectivity index (χ4v) is 3.67. The Bertz CT molecular complexity index is 616. The molecule has 2 heterocycles. The van der Waals surface area contributed by atoms with Gasteiger partial charge in [0, 0.05) is 19.6 Å². The van der Waals surface area contributed by atoms with Crippen molar-refractivity contribution >= 4 is 0 Å². The predicted molar refractivity (Wildman–Crippen MR) is 88.1 cm³/mol. The van der Waals surface area contributed by atoms with Gasteiger partial charge in [0.15, 0.2) is 0 Å². The molecule has 0 unspecified atom stereocenters. The number of rotatable bonds is 4. The molecule has 2 atom stereocenters. The summed E-state index contributed by atoms with van der Waals surface area (Å²) < 4.78 is 5.93. The highest BCUT2D eigenvalue weighted by molar-refractivity contribution is 5.33. The number of hydrogen-bond donors (Lipinski definition) is 1. The Balaban J connectivity index is 1.41. The molecule has 3 nitrogen and oxygen atoms in total. The minimum absolute atomic E-state index is 0.851. The smallest absolute Gasteiger partial charge is 0.127 e. The summed E-state index contributed by atoms with van der Waals surface area (Å²) in [6.07, 6.45) is 0. The Kier molecular flexibility index (Phi) is 3.83. The number of nitrogens with zero attached hydrogens (tertiary/aromatic N) is 1. The van der Waals surface area contributed by atoms with Gasteiger partial charge in [0.05, 0.1) is 0 Å². The molecule has 2 aromatic rings. The van der Waals surface area contributed by atoms with Crippen LogP contribution in [0.15, 0.2) is 54.6 Å². The summed E-state index contributed by atoms with van der Waals surface area (Å²) in [6, 6.07) is 18.5. The first-order valence-electron chi connectivity index (χ1n) is 8.12. The highest BCUT2D eigenvalue weighted by Crippen LogP contribution is 2.28. The highest BCUT2D eigenvalue weighted by Gasteiger charge is 2.35. The SMILES string of the molecule is c1ccc(Oc2cccc(CN3C[C@H]4CNC[C@H]4C3)c2)cc1. The average Bonchev–Trinajstić information content (AvgIpc) is 3.10. The van der Waals surface area contributed by atoms with Gasteiger partial charge >= 0.3 is 0 Å². The number of hydrogen-bond acceptors (Lipinski definition) is 3. The van der Waals surface area contributed by atoms with Crippen LogP contribution >= 0.6 is 0 Å². The van der Waals surface area contributed by atoms with E-state index in [-0.39, 0.29) is 0 Å². The van der Waals surface area contributed by atoms with Crippen molar-refractivity contribution in [1.82, 2.24) is 10.2 Å². The van der Waals surface area contributed by atoms with Gasteiger partial charge in [-0.15, -0.1) is 0 Å². The summed E-state index contributed by atoms with van der Waals surface area (Å²) >= 11 is 0. The molecular weight excluding hydrogens is 272 g/mol. The summed E-state index contributed by atoms with van der Waals surface area (Å²) in [5.74, 6) is 3.51. The van der Waals surface area contributed by atoms with E-state index in [1.54, 1.807) is 0 Å². The second kappa shape index (κ2) is 6.11. The van der Waals surface area contributed by atoms with E-state index in [2.05, 4.69) is 28.4 Å². The topological polar surface area (TPSA) is 24.5 Å². The van der Waals surface area contributed by atoms with E-state index in [1.807, 2.05) is 36.4 Å². The van der Waals surface area contributed by atoms with Crippen LogP contribution < -0.4 is 10.1 Å². The average molecular weight is 294 g/mol. The Morgan fingerprint density at radius 2 is 1.64 bits per heavy atom. The minimum Gasteiger partial charge on any atom is -0.457 e. The third-order valence-electron chi connectivity index (χ3n) is 4.75. The van der Waals surface area contributed by atoms with Crippen LogP contribution in [-0.2, 0) is 6.54 Å². The molecule has 2 aliphatic rings. The van der Waals surface area contributed by atoms with E-state index in [1.165, 1.54) is 31.7 Å². The predicted octanol–water partition coefficient (Wildman–Crippen LogP) is 3.13. The summed E-state index contributed by atoms with van der Waals surface area (Å²) in [6.45, 7) is 5.86. The van der Waals surface area contributed by atoms with Gasteiger partial charge in [0.2, 0.25) is 0 Å². The van der Waals surface area contributed by atoms with Crippen LogP contribution in [-0.4, -0.2) is 31.1 Å². The van der Waals surface area contributed by atoms with E-state index in [4.69, 9.17) is 4.74 Å². The summed E-state index contributed by atoms with van der Waals surface area (Å²) in [7, 11) is 0. The highest BCUT2D eigenvalue weighted by atomic mass is 16.5. The Labute approximate surface area is 131 Å². The Morgan fingerprint density at radius 1 is 0.909 bits per heavy atom. The summed E-state index contributed by atoms with van der Waals surface area (Å²) in [5.41, 5.74) is 1.33. The lowest BCUT2D eigenvalue weighted by Gasteiger charge is -2.17. The van der Waals surface area contributed by atoms with Crippen LogP contribution in [0.1, 0.15) is 5.56 Å². The second-order valence-electron chi connectivity index (χ2n) is 6.44. The first-order valence-corrected chi connectivity index (χ1v) is 8.12. The number of ether oxygens (including phenoxy) is 1. The standard InChI is InChI=1S/C19H22N2O/c1-2-6-18(7-3-1)22-19-8-4-5-15(9-19)12-21-13-16-10-20-11-17(16)14-21/h1-9,16-17,20H,10-14H2/t16-,17+. The maximum atomic E-state index is 5.93. The van der Waals surface area contributed by atoms with Crippen molar-refractivity contribution in [3.05, 3.63) is 60.2 Å². The molecule has 3 heteroatoms. The maximum absolute atomic E-state index is 5.93.